The third kappa shape index (κ3) is 4.01. The third-order valence-electron chi connectivity index (χ3n) is 2.10. The quantitative estimate of drug-likeness (QED) is 0.466. The predicted molar refractivity (Wildman–Crippen MR) is 73.4 cm³/mol. The average Bonchev–Trinajstić information content (AvgIpc) is 2.33. The Morgan fingerprint density at radius 2 is 1.94 bits per heavy atom. The summed E-state index contributed by atoms with van der Waals surface area (Å²) >= 11 is 2.14. The van der Waals surface area contributed by atoms with E-state index in [1.54, 1.807) is 6.07 Å². The molecule has 0 aliphatic carbocycles. The van der Waals surface area contributed by atoms with Crippen molar-refractivity contribution in [3.05, 3.63) is 21.3 Å². The highest BCUT2D eigenvalue weighted by molar-refractivity contribution is 14.1. The standard InChI is InChI=1S/C12H17IO4/c1-3-15-8-17-12-10(16-4-2)6-5-9(7-14)11(12)13/h5-6,14H,3-4,7-8H2,1-2H3. The lowest BCUT2D eigenvalue weighted by molar-refractivity contribution is 0.0199. The average molecular weight is 352 g/mol. The maximum absolute atomic E-state index is 9.20. The van der Waals surface area contributed by atoms with Crippen LogP contribution < -0.4 is 9.47 Å². The second kappa shape index (κ2) is 7.73. The molecule has 0 unspecified atom stereocenters. The van der Waals surface area contributed by atoms with E-state index in [1.165, 1.54) is 0 Å². The van der Waals surface area contributed by atoms with E-state index < -0.39 is 0 Å². The highest BCUT2D eigenvalue weighted by Crippen LogP contribution is 2.35. The normalized spacial score (nSPS) is 10.4. The van der Waals surface area contributed by atoms with Gasteiger partial charge in [-0.1, -0.05) is 6.07 Å². The smallest absolute Gasteiger partial charge is 0.189 e. The van der Waals surface area contributed by atoms with Crippen LogP contribution in [0, 0.1) is 3.57 Å². The Bertz CT molecular complexity index is 355. The van der Waals surface area contributed by atoms with Crippen LogP contribution in [0.25, 0.3) is 0 Å². The Morgan fingerprint density at radius 1 is 1.18 bits per heavy atom. The summed E-state index contributed by atoms with van der Waals surface area (Å²) in [6.45, 7) is 5.15. The van der Waals surface area contributed by atoms with Crippen LogP contribution in [0.5, 0.6) is 11.5 Å². The zero-order chi connectivity index (χ0) is 12.7. The number of aliphatic hydroxyl groups is 1. The number of halogens is 1. The first-order valence-electron chi connectivity index (χ1n) is 5.50. The lowest BCUT2D eigenvalue weighted by atomic mass is 10.2. The van der Waals surface area contributed by atoms with Gasteiger partial charge in [0.15, 0.2) is 18.3 Å². The Morgan fingerprint density at radius 3 is 2.53 bits per heavy atom. The molecule has 5 heteroatoms. The lowest BCUT2D eigenvalue weighted by Crippen LogP contribution is -2.07. The lowest BCUT2D eigenvalue weighted by Gasteiger charge is -2.15. The van der Waals surface area contributed by atoms with Crippen LogP contribution in [0.3, 0.4) is 0 Å². The van der Waals surface area contributed by atoms with E-state index in [9.17, 15) is 5.11 Å². The van der Waals surface area contributed by atoms with Gasteiger partial charge in [0.2, 0.25) is 0 Å². The summed E-state index contributed by atoms with van der Waals surface area (Å²) in [6.07, 6.45) is 0. The Labute approximate surface area is 115 Å². The van der Waals surface area contributed by atoms with Gasteiger partial charge in [0.1, 0.15) is 0 Å². The number of aliphatic hydroxyl groups excluding tert-OH is 1. The van der Waals surface area contributed by atoms with Crippen molar-refractivity contribution in [1.82, 2.24) is 0 Å². The molecule has 1 N–H and O–H groups in total. The van der Waals surface area contributed by atoms with Gasteiger partial charge in [-0.2, -0.15) is 0 Å². The molecule has 0 aliphatic rings. The molecule has 0 fully saturated rings. The summed E-state index contributed by atoms with van der Waals surface area (Å²) in [5.74, 6) is 1.31. The van der Waals surface area contributed by atoms with Crippen molar-refractivity contribution in [1.29, 1.82) is 0 Å². The zero-order valence-electron chi connectivity index (χ0n) is 10.0. The minimum atomic E-state index is -0.0182. The van der Waals surface area contributed by atoms with Crippen LogP contribution in [0.4, 0.5) is 0 Å². The molecule has 1 aromatic carbocycles. The van der Waals surface area contributed by atoms with Gasteiger partial charge in [-0.25, -0.2) is 0 Å². The van der Waals surface area contributed by atoms with E-state index in [0.717, 1.165) is 9.13 Å². The van der Waals surface area contributed by atoms with Crippen molar-refractivity contribution >= 4 is 22.6 Å². The van der Waals surface area contributed by atoms with E-state index >= 15 is 0 Å². The summed E-state index contributed by atoms with van der Waals surface area (Å²) in [7, 11) is 0. The van der Waals surface area contributed by atoms with Crippen LogP contribution in [0.15, 0.2) is 12.1 Å². The summed E-state index contributed by atoms with van der Waals surface area (Å²) in [5, 5.41) is 9.20. The molecule has 4 nitrogen and oxygen atoms in total. The molecule has 0 heterocycles. The number of hydrogen-bond acceptors (Lipinski definition) is 4. The van der Waals surface area contributed by atoms with E-state index in [0.29, 0.717) is 24.7 Å². The Kier molecular flexibility index (Phi) is 6.61. The largest absolute Gasteiger partial charge is 0.490 e. The molecule has 96 valence electrons. The van der Waals surface area contributed by atoms with Crippen LogP contribution in [0.1, 0.15) is 19.4 Å². The van der Waals surface area contributed by atoms with Gasteiger partial charge in [0, 0.05) is 6.61 Å². The SMILES string of the molecule is CCOCOc1c(OCC)ccc(CO)c1I. The first kappa shape index (κ1) is 14.5. The first-order valence-corrected chi connectivity index (χ1v) is 6.58. The topological polar surface area (TPSA) is 47.9 Å². The van der Waals surface area contributed by atoms with E-state index in [-0.39, 0.29) is 13.4 Å². The minimum absolute atomic E-state index is 0.0182. The molecule has 0 saturated heterocycles. The summed E-state index contributed by atoms with van der Waals surface area (Å²) < 4.78 is 17.0. The molecule has 0 radical (unpaired) electrons. The Balaban J connectivity index is 2.93. The van der Waals surface area contributed by atoms with Gasteiger partial charge in [-0.15, -0.1) is 0 Å². The fourth-order valence-electron chi connectivity index (χ4n) is 1.29. The van der Waals surface area contributed by atoms with Gasteiger partial charge < -0.3 is 19.3 Å². The summed E-state index contributed by atoms with van der Waals surface area (Å²) in [6, 6.07) is 3.64. The van der Waals surface area contributed by atoms with Crippen molar-refractivity contribution < 1.29 is 19.3 Å². The molecule has 0 spiro atoms. The predicted octanol–water partition coefficient (Wildman–Crippen LogP) is 2.56. The third-order valence-corrected chi connectivity index (χ3v) is 3.28. The van der Waals surface area contributed by atoms with Crippen LogP contribution in [-0.4, -0.2) is 25.1 Å². The molecule has 1 rings (SSSR count). The fraction of sp³-hybridized carbons (Fsp3) is 0.500. The fourth-order valence-corrected chi connectivity index (χ4v) is 2.06. The van der Waals surface area contributed by atoms with Crippen molar-refractivity contribution in [2.24, 2.45) is 0 Å². The molecule has 0 amide bonds. The monoisotopic (exact) mass is 352 g/mol. The summed E-state index contributed by atoms with van der Waals surface area (Å²) in [4.78, 5) is 0. The van der Waals surface area contributed by atoms with Crippen molar-refractivity contribution in [2.75, 3.05) is 20.0 Å². The molecule has 0 saturated carbocycles. The minimum Gasteiger partial charge on any atom is -0.490 e. The van der Waals surface area contributed by atoms with Crippen molar-refractivity contribution in [2.45, 2.75) is 20.5 Å². The molecule has 0 bridgehead atoms. The van der Waals surface area contributed by atoms with Gasteiger partial charge in [-0.3, -0.25) is 0 Å². The number of rotatable bonds is 7. The number of hydrogen-bond donors (Lipinski definition) is 1. The van der Waals surface area contributed by atoms with Crippen LogP contribution in [0.2, 0.25) is 0 Å². The molecule has 17 heavy (non-hydrogen) atoms. The maximum atomic E-state index is 9.20. The number of ether oxygens (including phenoxy) is 3. The highest BCUT2D eigenvalue weighted by atomic mass is 127. The van der Waals surface area contributed by atoms with E-state index in [2.05, 4.69) is 22.6 Å². The Hall–Kier alpha value is -0.530. The number of benzene rings is 1. The highest BCUT2D eigenvalue weighted by Gasteiger charge is 2.13. The van der Waals surface area contributed by atoms with Gasteiger partial charge in [0.25, 0.3) is 0 Å². The van der Waals surface area contributed by atoms with Gasteiger partial charge in [-0.05, 0) is 48.1 Å². The van der Waals surface area contributed by atoms with Crippen LogP contribution in [-0.2, 0) is 11.3 Å². The molecule has 0 atom stereocenters. The van der Waals surface area contributed by atoms with Crippen molar-refractivity contribution in [3.63, 3.8) is 0 Å². The van der Waals surface area contributed by atoms with Crippen molar-refractivity contribution in [3.8, 4) is 11.5 Å². The summed E-state index contributed by atoms with van der Waals surface area (Å²) in [5.41, 5.74) is 0.820. The van der Waals surface area contributed by atoms with E-state index in [1.807, 2.05) is 19.9 Å². The molecular formula is C12H17IO4. The van der Waals surface area contributed by atoms with Gasteiger partial charge >= 0.3 is 0 Å². The second-order valence-corrected chi connectivity index (χ2v) is 4.29. The zero-order valence-corrected chi connectivity index (χ0v) is 12.2. The van der Waals surface area contributed by atoms with Gasteiger partial charge in [0.05, 0.1) is 16.8 Å². The first-order chi connectivity index (χ1) is 8.24. The molecule has 0 aromatic heterocycles. The van der Waals surface area contributed by atoms with E-state index in [4.69, 9.17) is 14.2 Å². The molecule has 0 aliphatic heterocycles. The molecule has 1 aromatic rings. The van der Waals surface area contributed by atoms with Crippen LogP contribution >= 0.6 is 22.6 Å². The maximum Gasteiger partial charge on any atom is 0.189 e. The molecular weight excluding hydrogens is 335 g/mol. The second-order valence-electron chi connectivity index (χ2n) is 3.21.